The van der Waals surface area contributed by atoms with E-state index in [2.05, 4.69) is 0 Å². The van der Waals surface area contributed by atoms with Crippen LogP contribution in [0.2, 0.25) is 0 Å². The lowest BCUT2D eigenvalue weighted by atomic mass is 9.69. The molecule has 0 aliphatic heterocycles. The fourth-order valence-corrected chi connectivity index (χ4v) is 2.96. The summed E-state index contributed by atoms with van der Waals surface area (Å²) in [5.74, 6) is -0.852. The number of carboxylic acids is 1. The van der Waals surface area contributed by atoms with Gasteiger partial charge in [-0.25, -0.2) is 0 Å². The van der Waals surface area contributed by atoms with Crippen LogP contribution in [-0.2, 0) is 10.2 Å². The van der Waals surface area contributed by atoms with E-state index in [4.69, 9.17) is 0 Å². The Bertz CT molecular complexity index is 754. The number of phenolic OH excluding ortho intramolecular Hbond substituents is 1. The molecule has 0 amide bonds. The van der Waals surface area contributed by atoms with E-state index in [1.165, 1.54) is 12.1 Å². The van der Waals surface area contributed by atoms with Crippen LogP contribution >= 0.6 is 0 Å². The van der Waals surface area contributed by atoms with E-state index in [1.807, 2.05) is 60.7 Å². The summed E-state index contributed by atoms with van der Waals surface area (Å²) in [4.78, 5) is 12.4. The number of aliphatic carboxylic acids is 1. The van der Waals surface area contributed by atoms with Gasteiger partial charge < -0.3 is 10.2 Å². The van der Waals surface area contributed by atoms with E-state index >= 15 is 0 Å². The molecule has 0 saturated carbocycles. The third-order valence-corrected chi connectivity index (χ3v) is 4.03. The van der Waals surface area contributed by atoms with Crippen molar-refractivity contribution < 1.29 is 15.0 Å². The first-order valence-corrected chi connectivity index (χ1v) is 7.29. The van der Waals surface area contributed by atoms with E-state index in [9.17, 15) is 15.0 Å². The molecule has 0 fully saturated rings. The topological polar surface area (TPSA) is 57.5 Å². The second-order valence-corrected chi connectivity index (χ2v) is 5.33. The second-order valence-electron chi connectivity index (χ2n) is 5.33. The molecule has 0 bridgehead atoms. The van der Waals surface area contributed by atoms with Gasteiger partial charge in [0.25, 0.3) is 0 Å². The molecule has 3 aromatic carbocycles. The predicted molar refractivity (Wildman–Crippen MR) is 88.5 cm³/mol. The molecule has 0 spiro atoms. The summed E-state index contributed by atoms with van der Waals surface area (Å²) >= 11 is 0. The molecule has 23 heavy (non-hydrogen) atoms. The third kappa shape index (κ3) is 2.46. The van der Waals surface area contributed by atoms with Gasteiger partial charge in [-0.15, -0.1) is 0 Å². The van der Waals surface area contributed by atoms with Crippen molar-refractivity contribution in [3.8, 4) is 5.75 Å². The highest BCUT2D eigenvalue weighted by Gasteiger charge is 2.43. The van der Waals surface area contributed by atoms with Gasteiger partial charge in [0, 0.05) is 0 Å². The van der Waals surface area contributed by atoms with Crippen molar-refractivity contribution in [2.75, 3.05) is 0 Å². The van der Waals surface area contributed by atoms with E-state index in [-0.39, 0.29) is 5.75 Å². The van der Waals surface area contributed by atoms with Gasteiger partial charge in [-0.1, -0.05) is 72.8 Å². The minimum Gasteiger partial charge on any atom is -0.508 e. The van der Waals surface area contributed by atoms with E-state index in [1.54, 1.807) is 12.1 Å². The molecular formula is C20H16O3. The minimum absolute atomic E-state index is 0.106. The Kier molecular flexibility index (Phi) is 3.85. The van der Waals surface area contributed by atoms with Gasteiger partial charge >= 0.3 is 5.97 Å². The maximum Gasteiger partial charge on any atom is 0.323 e. The average Bonchev–Trinajstić information content (AvgIpc) is 2.59. The molecule has 3 nitrogen and oxygen atoms in total. The molecular weight excluding hydrogens is 288 g/mol. The molecule has 0 unspecified atom stereocenters. The lowest BCUT2D eigenvalue weighted by Gasteiger charge is -2.31. The summed E-state index contributed by atoms with van der Waals surface area (Å²) in [6.07, 6.45) is 0. The molecule has 0 atom stereocenters. The third-order valence-electron chi connectivity index (χ3n) is 4.03. The maximum atomic E-state index is 12.4. The predicted octanol–water partition coefficient (Wildman–Crippen LogP) is 3.81. The molecule has 0 aliphatic carbocycles. The largest absolute Gasteiger partial charge is 0.508 e. The summed E-state index contributed by atoms with van der Waals surface area (Å²) in [7, 11) is 0. The molecule has 114 valence electrons. The zero-order chi connectivity index (χ0) is 16.3. The molecule has 0 saturated heterocycles. The molecule has 2 N–H and O–H groups in total. The molecule has 0 radical (unpaired) electrons. The van der Waals surface area contributed by atoms with Crippen molar-refractivity contribution >= 4 is 5.97 Å². The standard InChI is InChI=1S/C20H16O3/c21-18-13-11-17(12-14-18)20(19(22)23,15-7-3-1-4-8-15)16-9-5-2-6-10-16/h1-14,21H,(H,22,23). The Morgan fingerprint density at radius 1 is 0.652 bits per heavy atom. The maximum absolute atomic E-state index is 12.4. The van der Waals surface area contributed by atoms with Crippen LogP contribution in [0.25, 0.3) is 0 Å². The van der Waals surface area contributed by atoms with Crippen LogP contribution in [0.15, 0.2) is 84.9 Å². The zero-order valence-electron chi connectivity index (χ0n) is 12.4. The summed E-state index contributed by atoms with van der Waals surface area (Å²) in [6.45, 7) is 0. The SMILES string of the molecule is O=C(O)C(c1ccccc1)(c1ccccc1)c1ccc(O)cc1. The van der Waals surface area contributed by atoms with Gasteiger partial charge in [0.1, 0.15) is 11.2 Å². The lowest BCUT2D eigenvalue weighted by Crippen LogP contribution is -2.38. The zero-order valence-corrected chi connectivity index (χ0v) is 12.4. The number of rotatable bonds is 4. The highest BCUT2D eigenvalue weighted by Crippen LogP contribution is 2.39. The Morgan fingerprint density at radius 3 is 1.43 bits per heavy atom. The first-order chi connectivity index (χ1) is 11.2. The van der Waals surface area contributed by atoms with Gasteiger partial charge in [-0.2, -0.15) is 0 Å². The van der Waals surface area contributed by atoms with Gasteiger partial charge in [-0.3, -0.25) is 4.79 Å². The van der Waals surface area contributed by atoms with Gasteiger partial charge in [-0.05, 0) is 28.8 Å². The van der Waals surface area contributed by atoms with Crippen molar-refractivity contribution in [2.24, 2.45) is 0 Å². The highest BCUT2D eigenvalue weighted by atomic mass is 16.4. The first kappa shape index (κ1) is 14.9. The quantitative estimate of drug-likeness (QED) is 0.721. The Hall–Kier alpha value is -3.07. The number of phenols is 1. The van der Waals surface area contributed by atoms with Crippen molar-refractivity contribution in [3.05, 3.63) is 102 Å². The first-order valence-electron chi connectivity index (χ1n) is 7.29. The second kappa shape index (κ2) is 5.97. The Morgan fingerprint density at radius 2 is 1.04 bits per heavy atom. The number of hydrogen-bond donors (Lipinski definition) is 2. The van der Waals surface area contributed by atoms with Gasteiger partial charge in [0.2, 0.25) is 0 Å². The number of benzene rings is 3. The van der Waals surface area contributed by atoms with Crippen LogP contribution < -0.4 is 0 Å². The van der Waals surface area contributed by atoms with Crippen LogP contribution in [0.3, 0.4) is 0 Å². The van der Waals surface area contributed by atoms with Crippen molar-refractivity contribution in [1.29, 1.82) is 0 Å². The van der Waals surface area contributed by atoms with E-state index in [0.29, 0.717) is 16.7 Å². The lowest BCUT2D eigenvalue weighted by molar-refractivity contribution is -0.140. The molecule has 3 heteroatoms. The molecule has 0 heterocycles. The molecule has 0 aromatic heterocycles. The van der Waals surface area contributed by atoms with Crippen molar-refractivity contribution in [3.63, 3.8) is 0 Å². The van der Waals surface area contributed by atoms with Gasteiger partial charge in [0.05, 0.1) is 0 Å². The number of carboxylic acid groups (broad SMARTS) is 1. The summed E-state index contributed by atoms with van der Waals surface area (Å²) < 4.78 is 0. The fourth-order valence-electron chi connectivity index (χ4n) is 2.96. The highest BCUT2D eigenvalue weighted by molar-refractivity contribution is 5.90. The Balaban J connectivity index is 2.36. The Labute approximate surface area is 134 Å². The van der Waals surface area contributed by atoms with Crippen LogP contribution in [0, 0.1) is 0 Å². The number of aromatic hydroxyl groups is 1. The fraction of sp³-hybridized carbons (Fsp3) is 0.0500. The van der Waals surface area contributed by atoms with Gasteiger partial charge in [0.15, 0.2) is 0 Å². The normalized spacial score (nSPS) is 11.1. The molecule has 0 aliphatic rings. The van der Waals surface area contributed by atoms with Crippen LogP contribution in [0.4, 0.5) is 0 Å². The van der Waals surface area contributed by atoms with E-state index < -0.39 is 11.4 Å². The van der Waals surface area contributed by atoms with E-state index in [0.717, 1.165) is 0 Å². The smallest absolute Gasteiger partial charge is 0.323 e. The summed E-state index contributed by atoms with van der Waals surface area (Å²) in [5, 5.41) is 19.7. The summed E-state index contributed by atoms with van der Waals surface area (Å²) in [6, 6.07) is 24.6. The van der Waals surface area contributed by atoms with Crippen molar-refractivity contribution in [2.45, 2.75) is 5.41 Å². The van der Waals surface area contributed by atoms with Crippen molar-refractivity contribution in [1.82, 2.24) is 0 Å². The monoisotopic (exact) mass is 304 g/mol. The van der Waals surface area contributed by atoms with Crippen LogP contribution in [0.1, 0.15) is 16.7 Å². The van der Waals surface area contributed by atoms with Crippen LogP contribution in [0.5, 0.6) is 5.75 Å². The summed E-state index contributed by atoms with van der Waals surface area (Å²) in [5.41, 5.74) is 0.616. The van der Waals surface area contributed by atoms with Crippen LogP contribution in [-0.4, -0.2) is 16.2 Å². The minimum atomic E-state index is -1.32. The number of carbonyl (C=O) groups is 1. The molecule has 3 aromatic rings. The number of hydrogen-bond acceptors (Lipinski definition) is 2. The molecule has 3 rings (SSSR count). The average molecular weight is 304 g/mol.